The van der Waals surface area contributed by atoms with Gasteiger partial charge in [0.2, 0.25) is 0 Å². The van der Waals surface area contributed by atoms with Crippen LogP contribution in [0.5, 0.6) is 0 Å². The SMILES string of the molecule is CC1CCC2=C(C1)N(C1C=CCCC1)C1C=CC(N(C3=CCC4C(=C3)C3(CCCC3)C3C=CCCC43)C3=CC=CC4OC5C=CC=CC5C34)CC21. The summed E-state index contributed by atoms with van der Waals surface area (Å²) in [6, 6.07) is 1.43. The monoisotopic (exact) mass is 678 g/mol. The van der Waals surface area contributed by atoms with Crippen LogP contribution >= 0.6 is 0 Å². The third-order valence-corrected chi connectivity index (χ3v) is 15.9. The normalized spacial score (nSPS) is 43.7. The van der Waals surface area contributed by atoms with E-state index < -0.39 is 0 Å². The van der Waals surface area contributed by atoms with Gasteiger partial charge in [-0.1, -0.05) is 104 Å². The van der Waals surface area contributed by atoms with Gasteiger partial charge in [0.15, 0.2) is 0 Å². The molecule has 266 valence electrons. The first-order valence-corrected chi connectivity index (χ1v) is 21.3. The minimum atomic E-state index is 0.134. The molecule has 11 aliphatic rings. The van der Waals surface area contributed by atoms with Gasteiger partial charge in [0.1, 0.15) is 0 Å². The van der Waals surface area contributed by atoms with Crippen molar-refractivity contribution in [2.75, 3.05) is 0 Å². The third-order valence-electron chi connectivity index (χ3n) is 15.9. The molecule has 0 bridgehead atoms. The first-order chi connectivity index (χ1) is 25.2. The van der Waals surface area contributed by atoms with Crippen molar-refractivity contribution in [1.82, 2.24) is 9.80 Å². The molecule has 51 heavy (non-hydrogen) atoms. The maximum atomic E-state index is 6.79. The van der Waals surface area contributed by atoms with Crippen molar-refractivity contribution >= 4 is 0 Å². The van der Waals surface area contributed by atoms with E-state index >= 15 is 0 Å². The van der Waals surface area contributed by atoms with Crippen LogP contribution in [0.1, 0.15) is 96.8 Å². The van der Waals surface area contributed by atoms with E-state index in [0.717, 1.165) is 23.7 Å². The number of allylic oxidation sites excluding steroid dienone is 11. The van der Waals surface area contributed by atoms with E-state index in [-0.39, 0.29) is 12.2 Å². The van der Waals surface area contributed by atoms with Crippen LogP contribution in [0.4, 0.5) is 0 Å². The van der Waals surface area contributed by atoms with Crippen LogP contribution in [0.25, 0.3) is 0 Å². The van der Waals surface area contributed by atoms with E-state index in [2.05, 4.69) is 108 Å². The van der Waals surface area contributed by atoms with Gasteiger partial charge in [0.25, 0.3) is 0 Å². The topological polar surface area (TPSA) is 15.7 Å². The van der Waals surface area contributed by atoms with E-state index in [1.54, 1.807) is 5.70 Å². The van der Waals surface area contributed by atoms with Crippen molar-refractivity contribution in [2.24, 2.45) is 46.8 Å². The lowest BCUT2D eigenvalue weighted by Crippen LogP contribution is -2.46. The second-order valence-corrected chi connectivity index (χ2v) is 18.4. The molecule has 3 nitrogen and oxygen atoms in total. The van der Waals surface area contributed by atoms with E-state index in [1.165, 1.54) is 101 Å². The Morgan fingerprint density at radius 1 is 0.843 bits per heavy atom. The van der Waals surface area contributed by atoms with Crippen molar-refractivity contribution in [3.63, 3.8) is 0 Å². The fourth-order valence-electron chi connectivity index (χ4n) is 13.8. The van der Waals surface area contributed by atoms with Crippen LogP contribution in [0.2, 0.25) is 0 Å². The van der Waals surface area contributed by atoms with Gasteiger partial charge in [-0.15, -0.1) is 0 Å². The van der Waals surface area contributed by atoms with Gasteiger partial charge >= 0.3 is 0 Å². The van der Waals surface area contributed by atoms with Gasteiger partial charge < -0.3 is 14.5 Å². The number of nitrogens with zero attached hydrogens (tertiary/aromatic N) is 2. The van der Waals surface area contributed by atoms with Gasteiger partial charge in [-0.25, -0.2) is 0 Å². The smallest absolute Gasteiger partial charge is 0.0856 e. The Morgan fingerprint density at radius 2 is 1.73 bits per heavy atom. The van der Waals surface area contributed by atoms with E-state index in [4.69, 9.17) is 4.74 Å². The highest BCUT2D eigenvalue weighted by atomic mass is 16.5. The molecule has 0 aromatic rings. The van der Waals surface area contributed by atoms with Gasteiger partial charge in [0, 0.05) is 40.9 Å². The highest BCUT2D eigenvalue weighted by molar-refractivity contribution is 5.45. The molecule has 9 aliphatic carbocycles. The third kappa shape index (κ3) is 4.78. The number of hydrogen-bond donors (Lipinski definition) is 0. The van der Waals surface area contributed by atoms with Crippen molar-refractivity contribution in [1.29, 1.82) is 0 Å². The van der Waals surface area contributed by atoms with Crippen LogP contribution in [-0.4, -0.2) is 40.1 Å². The molecule has 0 N–H and O–H groups in total. The number of fused-ring (bicyclic) bond motifs is 10. The molecule has 1 saturated heterocycles. The largest absolute Gasteiger partial charge is 0.365 e. The predicted octanol–water partition coefficient (Wildman–Crippen LogP) is 10.7. The summed E-state index contributed by atoms with van der Waals surface area (Å²) in [6.07, 6.45) is 56.3. The van der Waals surface area contributed by atoms with Crippen molar-refractivity contribution in [3.8, 4) is 0 Å². The summed E-state index contributed by atoms with van der Waals surface area (Å²) in [4.78, 5) is 5.82. The molecule has 2 heterocycles. The van der Waals surface area contributed by atoms with E-state index in [9.17, 15) is 0 Å². The highest BCUT2D eigenvalue weighted by Crippen LogP contribution is 2.66. The average Bonchev–Trinajstić information content (AvgIpc) is 3.95. The first kappa shape index (κ1) is 31.5. The second-order valence-electron chi connectivity index (χ2n) is 18.4. The lowest BCUT2D eigenvalue weighted by atomic mass is 9.69. The zero-order valence-electron chi connectivity index (χ0n) is 30.8. The summed E-state index contributed by atoms with van der Waals surface area (Å²) >= 11 is 0. The van der Waals surface area contributed by atoms with Crippen molar-refractivity contribution < 1.29 is 4.74 Å². The Hall–Kier alpha value is -3.04. The van der Waals surface area contributed by atoms with Gasteiger partial charge in [-0.2, -0.15) is 0 Å². The molecule has 0 aromatic carbocycles. The molecule has 2 saturated carbocycles. The molecule has 3 heteroatoms. The zero-order valence-corrected chi connectivity index (χ0v) is 30.8. The summed E-state index contributed by atoms with van der Waals surface area (Å²) in [5, 5.41) is 0. The minimum absolute atomic E-state index is 0.134. The minimum Gasteiger partial charge on any atom is -0.365 e. The fraction of sp³-hybridized carbons (Fsp3) is 0.583. The van der Waals surface area contributed by atoms with Crippen LogP contribution in [0.3, 0.4) is 0 Å². The number of rotatable bonds is 4. The zero-order chi connectivity index (χ0) is 33.7. The predicted molar refractivity (Wildman–Crippen MR) is 207 cm³/mol. The fourth-order valence-corrected chi connectivity index (χ4v) is 13.8. The molecule has 12 unspecified atom stereocenters. The van der Waals surface area contributed by atoms with E-state index in [1.807, 2.05) is 11.1 Å². The number of hydrogen-bond acceptors (Lipinski definition) is 3. The number of ether oxygens (including phenoxy) is 1. The summed E-state index contributed by atoms with van der Waals surface area (Å²) < 4.78 is 6.79. The Bertz CT molecular complexity index is 1750. The molecule has 1 spiro atoms. The Labute approximate surface area is 307 Å². The first-order valence-electron chi connectivity index (χ1n) is 21.3. The lowest BCUT2D eigenvalue weighted by Gasteiger charge is -2.46. The van der Waals surface area contributed by atoms with E-state index in [0.29, 0.717) is 41.3 Å². The van der Waals surface area contributed by atoms with Gasteiger partial charge in [0.05, 0.1) is 24.3 Å². The molecule has 0 aromatic heterocycles. The molecule has 0 amide bonds. The van der Waals surface area contributed by atoms with Crippen molar-refractivity contribution in [3.05, 3.63) is 119 Å². The van der Waals surface area contributed by atoms with Crippen LogP contribution in [0.15, 0.2) is 119 Å². The Morgan fingerprint density at radius 3 is 2.63 bits per heavy atom. The highest BCUT2D eigenvalue weighted by Gasteiger charge is 2.57. The average molecular weight is 679 g/mol. The standard InChI is InChI=1S/C48H58N2O/c1-31-20-23-37-39-29-33(22-25-42(39)50(44(37)28-31)32-12-3-2-4-13-32)49(43-17-11-19-46-47(43)38-15-6-8-18-45(38)51-46)34-21-24-36-35-14-5-7-16-40(35)48(41(36)30-34)26-9-10-27-48/h3,6-8,11-12,15-19,21-22,25,30-33,35-36,38-40,42,45-47H,2,4-5,9-10,13-14,20,23-24,26-29H2,1H3. The summed E-state index contributed by atoms with van der Waals surface area (Å²) in [6.45, 7) is 2.49. The Balaban J connectivity index is 1.01. The molecule has 11 rings (SSSR count). The molecule has 12 atom stereocenters. The summed E-state index contributed by atoms with van der Waals surface area (Å²) in [5.74, 6) is 4.46. The second kappa shape index (κ2) is 12.3. The summed E-state index contributed by atoms with van der Waals surface area (Å²) in [7, 11) is 0. The van der Waals surface area contributed by atoms with Crippen LogP contribution in [-0.2, 0) is 4.74 Å². The molecular weight excluding hydrogens is 621 g/mol. The van der Waals surface area contributed by atoms with Gasteiger partial charge in [-0.05, 0) is 124 Å². The molecule has 0 radical (unpaired) electrons. The lowest BCUT2D eigenvalue weighted by molar-refractivity contribution is 0.0844. The quantitative estimate of drug-likeness (QED) is 0.275. The van der Waals surface area contributed by atoms with Crippen LogP contribution in [0, 0.1) is 46.8 Å². The molecule has 3 fully saturated rings. The van der Waals surface area contributed by atoms with Crippen molar-refractivity contribution in [2.45, 2.75) is 127 Å². The maximum Gasteiger partial charge on any atom is 0.0856 e. The van der Waals surface area contributed by atoms with Gasteiger partial charge in [-0.3, -0.25) is 0 Å². The molecular formula is C48H58N2O. The molecule has 2 aliphatic heterocycles. The maximum absolute atomic E-state index is 6.79. The summed E-state index contributed by atoms with van der Waals surface area (Å²) in [5.41, 5.74) is 8.78. The van der Waals surface area contributed by atoms with Crippen LogP contribution < -0.4 is 0 Å². The Kier molecular flexibility index (Phi) is 7.57.